The largest absolute Gasteiger partial charge is 0.313 e. The molecular formula is C14H27N3O2S. The molecule has 0 aliphatic rings. The third-order valence-corrected chi connectivity index (χ3v) is 4.25. The van der Waals surface area contributed by atoms with Crippen molar-refractivity contribution in [1.29, 1.82) is 0 Å². The van der Waals surface area contributed by atoms with Gasteiger partial charge in [0.05, 0.1) is 18.0 Å². The van der Waals surface area contributed by atoms with E-state index in [2.05, 4.69) is 31.2 Å². The monoisotopic (exact) mass is 301 g/mol. The van der Waals surface area contributed by atoms with E-state index in [0.717, 1.165) is 43.7 Å². The van der Waals surface area contributed by atoms with Gasteiger partial charge in [0.2, 0.25) is 0 Å². The van der Waals surface area contributed by atoms with Crippen LogP contribution in [0.4, 0.5) is 0 Å². The predicted molar refractivity (Wildman–Crippen MR) is 82.7 cm³/mol. The summed E-state index contributed by atoms with van der Waals surface area (Å²) in [5, 5.41) is 8.01. The molecule has 0 aliphatic carbocycles. The Balaban J connectivity index is 2.94. The topological polar surface area (TPSA) is 64.0 Å². The van der Waals surface area contributed by atoms with Crippen molar-refractivity contribution >= 4 is 9.84 Å². The highest BCUT2D eigenvalue weighted by atomic mass is 32.2. The van der Waals surface area contributed by atoms with Crippen molar-refractivity contribution in [1.82, 2.24) is 15.1 Å². The fourth-order valence-corrected chi connectivity index (χ4v) is 2.80. The molecule has 0 spiro atoms. The number of sulfone groups is 1. The lowest BCUT2D eigenvalue weighted by molar-refractivity contribution is 0.576. The van der Waals surface area contributed by atoms with Crippen LogP contribution >= 0.6 is 0 Å². The molecule has 20 heavy (non-hydrogen) atoms. The molecule has 0 saturated heterocycles. The normalized spacial score (nSPS) is 12.0. The van der Waals surface area contributed by atoms with E-state index in [1.54, 1.807) is 0 Å². The Morgan fingerprint density at radius 2 is 1.90 bits per heavy atom. The van der Waals surface area contributed by atoms with Crippen LogP contribution in [-0.2, 0) is 35.8 Å². The molecule has 0 saturated carbocycles. The second-order valence-corrected chi connectivity index (χ2v) is 7.37. The fraction of sp³-hybridized carbons (Fsp3) is 0.786. The zero-order valence-corrected chi connectivity index (χ0v) is 13.9. The summed E-state index contributed by atoms with van der Waals surface area (Å²) in [7, 11) is -2.95. The minimum atomic E-state index is -2.95. The van der Waals surface area contributed by atoms with Crippen LogP contribution in [0.25, 0.3) is 0 Å². The van der Waals surface area contributed by atoms with E-state index in [1.165, 1.54) is 11.8 Å². The molecule has 1 N–H and O–H groups in total. The molecule has 0 atom stereocenters. The molecule has 1 aromatic rings. The van der Waals surface area contributed by atoms with Crippen molar-refractivity contribution in [2.45, 2.75) is 53.1 Å². The van der Waals surface area contributed by atoms with Crippen LogP contribution in [0.15, 0.2) is 0 Å². The van der Waals surface area contributed by atoms with Gasteiger partial charge in [0.15, 0.2) is 0 Å². The summed E-state index contributed by atoms with van der Waals surface area (Å²) < 4.78 is 24.5. The lowest BCUT2D eigenvalue weighted by Crippen LogP contribution is -2.17. The summed E-state index contributed by atoms with van der Waals surface area (Å²) >= 11 is 0. The Morgan fingerprint density at radius 3 is 2.40 bits per heavy atom. The molecule has 0 fully saturated rings. The maximum Gasteiger partial charge on any atom is 0.149 e. The predicted octanol–water partition coefficient (Wildman–Crippen LogP) is 1.55. The molecule has 0 aliphatic heterocycles. The van der Waals surface area contributed by atoms with Gasteiger partial charge in [-0.1, -0.05) is 20.8 Å². The van der Waals surface area contributed by atoms with E-state index in [0.29, 0.717) is 6.54 Å². The summed E-state index contributed by atoms with van der Waals surface area (Å²) in [6, 6.07) is 0. The second-order valence-electron chi connectivity index (χ2n) is 5.11. The first-order valence-corrected chi connectivity index (χ1v) is 9.44. The van der Waals surface area contributed by atoms with Gasteiger partial charge < -0.3 is 5.32 Å². The highest BCUT2D eigenvalue weighted by Crippen LogP contribution is 2.16. The van der Waals surface area contributed by atoms with Crippen molar-refractivity contribution in [3.8, 4) is 0 Å². The molecule has 1 heterocycles. The van der Waals surface area contributed by atoms with Gasteiger partial charge in [0.25, 0.3) is 0 Å². The minimum Gasteiger partial charge on any atom is -0.313 e. The molecule has 1 rings (SSSR count). The second kappa shape index (κ2) is 7.78. The maximum absolute atomic E-state index is 11.3. The summed E-state index contributed by atoms with van der Waals surface area (Å²) in [4.78, 5) is 0. The molecule has 0 aromatic carbocycles. The number of aryl methyl sites for hydroxylation is 2. The zero-order valence-electron chi connectivity index (χ0n) is 13.1. The van der Waals surface area contributed by atoms with Crippen molar-refractivity contribution in [3.63, 3.8) is 0 Å². The lowest BCUT2D eigenvalue weighted by atomic mass is 10.1. The highest BCUT2D eigenvalue weighted by Gasteiger charge is 2.16. The van der Waals surface area contributed by atoms with E-state index in [4.69, 9.17) is 0 Å². The smallest absolute Gasteiger partial charge is 0.149 e. The van der Waals surface area contributed by atoms with Gasteiger partial charge >= 0.3 is 0 Å². The van der Waals surface area contributed by atoms with Gasteiger partial charge in [-0.05, 0) is 25.8 Å². The van der Waals surface area contributed by atoms with Crippen LogP contribution in [0.1, 0.15) is 44.1 Å². The quantitative estimate of drug-likeness (QED) is 0.703. The number of nitrogens with one attached hydrogen (secondary N) is 1. The van der Waals surface area contributed by atoms with Crippen molar-refractivity contribution < 1.29 is 8.42 Å². The van der Waals surface area contributed by atoms with Crippen LogP contribution < -0.4 is 5.32 Å². The van der Waals surface area contributed by atoms with E-state index in [9.17, 15) is 8.42 Å². The van der Waals surface area contributed by atoms with Gasteiger partial charge in [-0.3, -0.25) is 4.68 Å². The fourth-order valence-electron chi connectivity index (χ4n) is 2.30. The molecular weight excluding hydrogens is 274 g/mol. The Morgan fingerprint density at radius 1 is 1.20 bits per heavy atom. The summed E-state index contributed by atoms with van der Waals surface area (Å²) in [6.45, 7) is 8.58. The highest BCUT2D eigenvalue weighted by molar-refractivity contribution is 7.90. The molecule has 5 nitrogen and oxygen atoms in total. The Hall–Kier alpha value is -0.880. The van der Waals surface area contributed by atoms with Crippen molar-refractivity contribution in [2.24, 2.45) is 0 Å². The molecule has 6 heteroatoms. The lowest BCUT2D eigenvalue weighted by Gasteiger charge is -2.08. The first kappa shape index (κ1) is 17.2. The number of hydrogen-bond donors (Lipinski definition) is 1. The Labute approximate surface area is 122 Å². The van der Waals surface area contributed by atoms with E-state index in [1.807, 2.05) is 4.68 Å². The minimum absolute atomic E-state index is 0.145. The molecule has 1 aromatic heterocycles. The first-order valence-electron chi connectivity index (χ1n) is 7.38. The van der Waals surface area contributed by atoms with Gasteiger partial charge in [0.1, 0.15) is 9.84 Å². The first-order chi connectivity index (χ1) is 9.42. The number of hydrogen-bond acceptors (Lipinski definition) is 4. The van der Waals surface area contributed by atoms with Crippen LogP contribution in [0, 0.1) is 0 Å². The average molecular weight is 301 g/mol. The SMILES string of the molecule is CCCNCc1c(CC)nn(CCS(C)(=O)=O)c1CC. The van der Waals surface area contributed by atoms with E-state index in [-0.39, 0.29) is 5.75 Å². The standard InChI is InChI=1S/C14H27N3O2S/c1-5-8-15-11-12-13(6-2)16-17(14(12)7-3)9-10-20(4,18)19/h15H,5-11H2,1-4H3. The number of aromatic nitrogens is 2. The summed E-state index contributed by atoms with van der Waals surface area (Å²) in [6.07, 6.45) is 4.12. The molecule has 116 valence electrons. The van der Waals surface area contributed by atoms with E-state index < -0.39 is 9.84 Å². The number of nitrogens with zero attached hydrogens (tertiary/aromatic N) is 2. The molecule has 0 amide bonds. The van der Waals surface area contributed by atoms with Crippen LogP contribution in [0.5, 0.6) is 0 Å². The van der Waals surface area contributed by atoms with Gasteiger partial charge in [-0.25, -0.2) is 8.42 Å². The van der Waals surface area contributed by atoms with Crippen LogP contribution in [0.2, 0.25) is 0 Å². The van der Waals surface area contributed by atoms with Crippen molar-refractivity contribution in [3.05, 3.63) is 17.0 Å². The van der Waals surface area contributed by atoms with Crippen LogP contribution in [-0.4, -0.2) is 36.8 Å². The molecule has 0 radical (unpaired) electrons. The third kappa shape index (κ3) is 4.90. The zero-order chi connectivity index (χ0) is 15.2. The van der Waals surface area contributed by atoms with Crippen molar-refractivity contribution in [2.75, 3.05) is 18.6 Å². The molecule has 0 bridgehead atoms. The summed E-state index contributed by atoms with van der Waals surface area (Å²) in [5.74, 6) is 0.145. The maximum atomic E-state index is 11.3. The van der Waals surface area contributed by atoms with Crippen LogP contribution in [0.3, 0.4) is 0 Å². The van der Waals surface area contributed by atoms with Gasteiger partial charge in [-0.2, -0.15) is 5.10 Å². The number of rotatable bonds is 9. The average Bonchev–Trinajstić information content (AvgIpc) is 2.73. The van der Waals surface area contributed by atoms with Gasteiger partial charge in [0, 0.05) is 24.1 Å². The van der Waals surface area contributed by atoms with E-state index >= 15 is 0 Å². The van der Waals surface area contributed by atoms with Gasteiger partial charge in [-0.15, -0.1) is 0 Å². The Kier molecular flexibility index (Phi) is 6.68. The summed E-state index contributed by atoms with van der Waals surface area (Å²) in [5.41, 5.74) is 3.49. The molecule has 0 unspecified atom stereocenters. The third-order valence-electron chi connectivity index (χ3n) is 3.32. The Bertz CT molecular complexity index is 521.